The standard InChI is InChI=1S/C15H21FN2O2/c1-11(13-4-2-3-5-14(13)16)17-10-15(19)18-12-6-8-20-9-7-12/h2-5,11-12,17H,6-10H2,1H3,(H,18,19). The summed E-state index contributed by atoms with van der Waals surface area (Å²) in [6.07, 6.45) is 1.71. The second kappa shape index (κ2) is 7.36. The van der Waals surface area contributed by atoms with Crippen LogP contribution < -0.4 is 10.6 Å². The van der Waals surface area contributed by atoms with E-state index in [9.17, 15) is 9.18 Å². The Kier molecular flexibility index (Phi) is 5.49. The Balaban J connectivity index is 1.76. The molecule has 1 atom stereocenters. The van der Waals surface area contributed by atoms with E-state index in [0.29, 0.717) is 18.8 Å². The van der Waals surface area contributed by atoms with Crippen LogP contribution in [0.3, 0.4) is 0 Å². The Hall–Kier alpha value is -1.46. The Bertz CT molecular complexity index is 447. The van der Waals surface area contributed by atoms with Gasteiger partial charge in [-0.2, -0.15) is 0 Å². The van der Waals surface area contributed by atoms with Gasteiger partial charge in [0.2, 0.25) is 5.91 Å². The van der Waals surface area contributed by atoms with Crippen LogP contribution >= 0.6 is 0 Å². The molecule has 1 heterocycles. The monoisotopic (exact) mass is 280 g/mol. The van der Waals surface area contributed by atoms with Crippen LogP contribution in [0.4, 0.5) is 4.39 Å². The summed E-state index contributed by atoms with van der Waals surface area (Å²) in [5.74, 6) is -0.308. The van der Waals surface area contributed by atoms with Crippen LogP contribution in [0.25, 0.3) is 0 Å². The third-order valence-corrected chi connectivity index (χ3v) is 3.53. The number of hydrogen-bond acceptors (Lipinski definition) is 3. The van der Waals surface area contributed by atoms with Gasteiger partial charge in [0.05, 0.1) is 6.54 Å². The van der Waals surface area contributed by atoms with Gasteiger partial charge in [-0.25, -0.2) is 4.39 Å². The quantitative estimate of drug-likeness (QED) is 0.864. The maximum absolute atomic E-state index is 13.6. The van der Waals surface area contributed by atoms with Crippen molar-refractivity contribution in [2.24, 2.45) is 0 Å². The van der Waals surface area contributed by atoms with Crippen LogP contribution in [0.1, 0.15) is 31.4 Å². The van der Waals surface area contributed by atoms with Crippen LogP contribution in [-0.2, 0) is 9.53 Å². The average molecular weight is 280 g/mol. The van der Waals surface area contributed by atoms with Crippen molar-refractivity contribution < 1.29 is 13.9 Å². The van der Waals surface area contributed by atoms with Gasteiger partial charge in [-0.3, -0.25) is 4.79 Å². The molecule has 0 radical (unpaired) electrons. The number of amides is 1. The molecule has 1 saturated heterocycles. The first kappa shape index (κ1) is 14.9. The summed E-state index contributed by atoms with van der Waals surface area (Å²) in [7, 11) is 0. The molecule has 1 aliphatic rings. The number of hydrogen-bond donors (Lipinski definition) is 2. The van der Waals surface area contributed by atoms with Gasteiger partial charge < -0.3 is 15.4 Å². The van der Waals surface area contributed by atoms with Crippen LogP contribution in [0, 0.1) is 5.82 Å². The number of nitrogens with one attached hydrogen (secondary N) is 2. The van der Waals surface area contributed by atoms with Gasteiger partial charge in [0.15, 0.2) is 0 Å². The summed E-state index contributed by atoms with van der Waals surface area (Å²) in [5.41, 5.74) is 0.575. The summed E-state index contributed by atoms with van der Waals surface area (Å²) in [6, 6.07) is 6.60. The van der Waals surface area contributed by atoms with Crippen molar-refractivity contribution in [1.82, 2.24) is 10.6 Å². The van der Waals surface area contributed by atoms with Gasteiger partial charge in [-0.05, 0) is 25.8 Å². The molecule has 2 N–H and O–H groups in total. The molecular formula is C15H21FN2O2. The van der Waals surface area contributed by atoms with Crippen molar-refractivity contribution in [1.29, 1.82) is 0 Å². The van der Waals surface area contributed by atoms with Crippen molar-refractivity contribution in [3.63, 3.8) is 0 Å². The highest BCUT2D eigenvalue weighted by Crippen LogP contribution is 2.15. The molecule has 1 aromatic carbocycles. The van der Waals surface area contributed by atoms with E-state index in [1.54, 1.807) is 18.2 Å². The maximum Gasteiger partial charge on any atom is 0.234 e. The first-order chi connectivity index (χ1) is 9.66. The molecule has 1 fully saturated rings. The van der Waals surface area contributed by atoms with Crippen molar-refractivity contribution in [3.05, 3.63) is 35.6 Å². The lowest BCUT2D eigenvalue weighted by Crippen LogP contribution is -2.43. The lowest BCUT2D eigenvalue weighted by molar-refractivity contribution is -0.121. The minimum atomic E-state index is -0.252. The van der Waals surface area contributed by atoms with E-state index in [1.807, 2.05) is 6.92 Å². The molecular weight excluding hydrogens is 259 g/mol. The summed E-state index contributed by atoms with van der Waals surface area (Å²) in [6.45, 7) is 3.43. The average Bonchev–Trinajstić information content (AvgIpc) is 2.46. The zero-order chi connectivity index (χ0) is 14.4. The lowest BCUT2D eigenvalue weighted by atomic mass is 10.1. The number of benzene rings is 1. The van der Waals surface area contributed by atoms with E-state index in [-0.39, 0.29) is 30.4 Å². The zero-order valence-corrected chi connectivity index (χ0v) is 11.7. The minimum absolute atomic E-state index is 0.0555. The van der Waals surface area contributed by atoms with Crippen molar-refractivity contribution in [3.8, 4) is 0 Å². The molecule has 1 unspecified atom stereocenters. The molecule has 20 heavy (non-hydrogen) atoms. The van der Waals surface area contributed by atoms with Crippen molar-refractivity contribution in [2.45, 2.75) is 31.8 Å². The van der Waals surface area contributed by atoms with E-state index < -0.39 is 0 Å². The molecule has 1 aromatic rings. The second-order valence-corrected chi connectivity index (χ2v) is 5.08. The van der Waals surface area contributed by atoms with Gasteiger partial charge >= 0.3 is 0 Å². The van der Waals surface area contributed by atoms with E-state index in [4.69, 9.17) is 4.74 Å². The maximum atomic E-state index is 13.6. The topological polar surface area (TPSA) is 50.4 Å². The smallest absolute Gasteiger partial charge is 0.234 e. The molecule has 0 aliphatic carbocycles. The Morgan fingerprint density at radius 2 is 2.10 bits per heavy atom. The molecule has 0 saturated carbocycles. The fourth-order valence-electron chi connectivity index (χ4n) is 2.30. The van der Waals surface area contributed by atoms with Gasteiger partial charge in [0.25, 0.3) is 0 Å². The number of rotatable bonds is 5. The van der Waals surface area contributed by atoms with Crippen LogP contribution in [-0.4, -0.2) is 31.7 Å². The van der Waals surface area contributed by atoms with Crippen LogP contribution in [0.5, 0.6) is 0 Å². The number of carbonyl (C=O) groups is 1. The Morgan fingerprint density at radius 1 is 1.40 bits per heavy atom. The molecule has 1 amide bonds. The second-order valence-electron chi connectivity index (χ2n) is 5.08. The molecule has 4 nitrogen and oxygen atoms in total. The van der Waals surface area contributed by atoms with Crippen molar-refractivity contribution >= 4 is 5.91 Å². The number of carbonyl (C=O) groups excluding carboxylic acids is 1. The number of ether oxygens (including phenoxy) is 1. The summed E-state index contributed by atoms with van der Waals surface area (Å²) in [4.78, 5) is 11.8. The molecule has 5 heteroatoms. The molecule has 1 aliphatic heterocycles. The zero-order valence-electron chi connectivity index (χ0n) is 11.7. The highest BCUT2D eigenvalue weighted by atomic mass is 19.1. The summed E-state index contributed by atoms with van der Waals surface area (Å²) >= 11 is 0. The fraction of sp³-hybridized carbons (Fsp3) is 0.533. The van der Waals surface area contributed by atoms with Gasteiger partial charge in [0, 0.05) is 30.9 Å². The van der Waals surface area contributed by atoms with Crippen molar-refractivity contribution in [2.75, 3.05) is 19.8 Å². The van der Waals surface area contributed by atoms with E-state index in [0.717, 1.165) is 12.8 Å². The predicted molar refractivity (Wildman–Crippen MR) is 74.8 cm³/mol. The third-order valence-electron chi connectivity index (χ3n) is 3.53. The van der Waals surface area contributed by atoms with E-state index in [1.165, 1.54) is 6.07 Å². The third kappa shape index (κ3) is 4.28. The van der Waals surface area contributed by atoms with Crippen LogP contribution in [0.15, 0.2) is 24.3 Å². The summed E-state index contributed by atoms with van der Waals surface area (Å²) < 4.78 is 18.8. The Labute approximate surface area is 118 Å². The van der Waals surface area contributed by atoms with Gasteiger partial charge in [-0.15, -0.1) is 0 Å². The van der Waals surface area contributed by atoms with Gasteiger partial charge in [-0.1, -0.05) is 18.2 Å². The predicted octanol–water partition coefficient (Wildman–Crippen LogP) is 1.77. The first-order valence-corrected chi connectivity index (χ1v) is 7.01. The molecule has 2 rings (SSSR count). The highest BCUT2D eigenvalue weighted by Gasteiger charge is 2.17. The van der Waals surface area contributed by atoms with Crippen LogP contribution in [0.2, 0.25) is 0 Å². The molecule has 0 aromatic heterocycles. The van der Waals surface area contributed by atoms with E-state index >= 15 is 0 Å². The lowest BCUT2D eigenvalue weighted by Gasteiger charge is -2.23. The first-order valence-electron chi connectivity index (χ1n) is 7.01. The fourth-order valence-corrected chi connectivity index (χ4v) is 2.30. The van der Waals surface area contributed by atoms with E-state index in [2.05, 4.69) is 10.6 Å². The highest BCUT2D eigenvalue weighted by molar-refractivity contribution is 5.78. The molecule has 0 bridgehead atoms. The molecule has 110 valence electrons. The normalized spacial score (nSPS) is 17.7. The van der Waals surface area contributed by atoms with Gasteiger partial charge in [0.1, 0.15) is 5.82 Å². The summed E-state index contributed by atoms with van der Waals surface area (Å²) in [5, 5.41) is 6.01. The minimum Gasteiger partial charge on any atom is -0.381 e. The molecule has 0 spiro atoms. The largest absolute Gasteiger partial charge is 0.381 e. The Morgan fingerprint density at radius 3 is 2.80 bits per heavy atom. The SMILES string of the molecule is CC(NCC(=O)NC1CCOCC1)c1ccccc1F. The number of halogens is 1.